The van der Waals surface area contributed by atoms with Gasteiger partial charge in [-0.25, -0.2) is 0 Å². The Morgan fingerprint density at radius 3 is 2.41 bits per heavy atom. The molecule has 5 nitrogen and oxygen atoms in total. The number of ether oxygens (including phenoxy) is 3. The lowest BCUT2D eigenvalue weighted by molar-refractivity contribution is 0.322. The quantitative estimate of drug-likeness (QED) is 0.887. The number of nitrogens with one attached hydrogen (secondary N) is 1. The zero-order valence-corrected chi connectivity index (χ0v) is 12.8. The van der Waals surface area contributed by atoms with E-state index in [1.165, 1.54) is 0 Å². The van der Waals surface area contributed by atoms with Crippen LogP contribution in [0.15, 0.2) is 36.4 Å². The summed E-state index contributed by atoms with van der Waals surface area (Å²) in [6.07, 6.45) is 0. The van der Waals surface area contributed by atoms with Crippen LogP contribution in [0.4, 0.5) is 5.69 Å². The third-order valence-electron chi connectivity index (χ3n) is 3.26. The highest BCUT2D eigenvalue weighted by Crippen LogP contribution is 2.39. The number of nitriles is 1. The Kier molecular flexibility index (Phi) is 5.10. The van der Waals surface area contributed by atoms with Gasteiger partial charge in [-0.15, -0.1) is 0 Å². The first-order valence-electron chi connectivity index (χ1n) is 6.75. The molecule has 0 radical (unpaired) electrons. The number of anilines is 1. The van der Waals surface area contributed by atoms with E-state index in [0.717, 1.165) is 11.3 Å². The van der Waals surface area contributed by atoms with Crippen molar-refractivity contribution in [3.8, 4) is 23.3 Å². The van der Waals surface area contributed by atoms with Gasteiger partial charge >= 0.3 is 0 Å². The summed E-state index contributed by atoms with van der Waals surface area (Å²) in [6, 6.07) is 13.2. The lowest BCUT2D eigenvalue weighted by Crippen LogP contribution is -2.04. The van der Waals surface area contributed by atoms with Gasteiger partial charge in [0.25, 0.3) is 0 Å². The molecule has 0 fully saturated rings. The molecule has 0 spiro atoms. The van der Waals surface area contributed by atoms with Crippen LogP contribution in [0.5, 0.6) is 17.2 Å². The van der Waals surface area contributed by atoms with Crippen LogP contribution in [-0.2, 0) is 6.54 Å². The van der Waals surface area contributed by atoms with Crippen LogP contribution in [0.2, 0.25) is 0 Å². The second-order valence-electron chi connectivity index (χ2n) is 4.54. The lowest BCUT2D eigenvalue weighted by atomic mass is 10.1. The van der Waals surface area contributed by atoms with Crippen molar-refractivity contribution in [2.45, 2.75) is 6.54 Å². The van der Waals surface area contributed by atoms with E-state index in [1.54, 1.807) is 33.5 Å². The maximum atomic E-state index is 8.93. The molecular weight excluding hydrogens is 280 g/mol. The summed E-state index contributed by atoms with van der Waals surface area (Å²) in [5, 5.41) is 12.2. The maximum absolute atomic E-state index is 8.93. The molecule has 22 heavy (non-hydrogen) atoms. The SMILES string of the molecule is COc1ccc(CNc2cccc(C#N)c2)c(OC)c1OC. The van der Waals surface area contributed by atoms with E-state index < -0.39 is 0 Å². The number of hydrogen-bond acceptors (Lipinski definition) is 5. The predicted molar refractivity (Wildman–Crippen MR) is 84.6 cm³/mol. The van der Waals surface area contributed by atoms with Gasteiger partial charge in [0.15, 0.2) is 11.5 Å². The largest absolute Gasteiger partial charge is 0.493 e. The van der Waals surface area contributed by atoms with Gasteiger partial charge < -0.3 is 19.5 Å². The molecule has 0 atom stereocenters. The third kappa shape index (κ3) is 3.23. The number of nitrogens with zero attached hydrogens (tertiary/aromatic N) is 1. The molecule has 114 valence electrons. The Morgan fingerprint density at radius 2 is 1.77 bits per heavy atom. The van der Waals surface area contributed by atoms with Crippen LogP contribution in [0, 0.1) is 11.3 Å². The van der Waals surface area contributed by atoms with Crippen molar-refractivity contribution >= 4 is 5.69 Å². The van der Waals surface area contributed by atoms with Gasteiger partial charge in [-0.1, -0.05) is 6.07 Å². The van der Waals surface area contributed by atoms with E-state index in [2.05, 4.69) is 11.4 Å². The molecule has 0 aromatic heterocycles. The molecular formula is C17H18N2O3. The van der Waals surface area contributed by atoms with Crippen LogP contribution < -0.4 is 19.5 Å². The summed E-state index contributed by atoms with van der Waals surface area (Å²) < 4.78 is 16.1. The Balaban J connectivity index is 2.24. The molecule has 2 rings (SSSR count). The molecule has 0 heterocycles. The molecule has 5 heteroatoms. The summed E-state index contributed by atoms with van der Waals surface area (Å²) in [7, 11) is 4.76. The Hall–Kier alpha value is -2.87. The standard InChI is InChI=1S/C17H18N2O3/c1-20-15-8-7-13(16(21-2)17(15)22-3)11-19-14-6-4-5-12(9-14)10-18/h4-9,19H,11H2,1-3H3. The summed E-state index contributed by atoms with van der Waals surface area (Å²) in [5.74, 6) is 1.82. The van der Waals surface area contributed by atoms with Crippen molar-refractivity contribution < 1.29 is 14.2 Å². The number of rotatable bonds is 6. The van der Waals surface area contributed by atoms with Crippen molar-refractivity contribution in [2.75, 3.05) is 26.6 Å². The molecule has 0 aliphatic carbocycles. The topological polar surface area (TPSA) is 63.5 Å². The number of benzene rings is 2. The van der Waals surface area contributed by atoms with Gasteiger partial charge in [-0.3, -0.25) is 0 Å². The summed E-state index contributed by atoms with van der Waals surface area (Å²) in [6.45, 7) is 0.540. The smallest absolute Gasteiger partial charge is 0.203 e. The first-order chi connectivity index (χ1) is 10.7. The molecule has 0 bridgehead atoms. The first kappa shape index (κ1) is 15.5. The molecule has 0 aliphatic rings. The number of hydrogen-bond donors (Lipinski definition) is 1. The van der Waals surface area contributed by atoms with Crippen LogP contribution in [0.3, 0.4) is 0 Å². The summed E-state index contributed by atoms with van der Waals surface area (Å²) >= 11 is 0. The Labute approximate surface area is 130 Å². The lowest BCUT2D eigenvalue weighted by Gasteiger charge is -2.16. The molecule has 0 unspecified atom stereocenters. The van der Waals surface area contributed by atoms with E-state index >= 15 is 0 Å². The Morgan fingerprint density at radius 1 is 1.00 bits per heavy atom. The minimum atomic E-state index is 0.540. The van der Waals surface area contributed by atoms with Gasteiger partial charge in [0.05, 0.1) is 33.0 Å². The van der Waals surface area contributed by atoms with E-state index in [1.807, 2.05) is 24.3 Å². The molecule has 1 N–H and O–H groups in total. The molecule has 0 saturated carbocycles. The van der Waals surface area contributed by atoms with E-state index in [-0.39, 0.29) is 0 Å². The van der Waals surface area contributed by atoms with Gasteiger partial charge in [-0.2, -0.15) is 5.26 Å². The molecule has 0 amide bonds. The summed E-state index contributed by atoms with van der Waals surface area (Å²) in [5.41, 5.74) is 2.42. The van der Waals surface area contributed by atoms with Crippen LogP contribution in [0.1, 0.15) is 11.1 Å². The molecule has 0 aliphatic heterocycles. The van der Waals surface area contributed by atoms with Crippen molar-refractivity contribution in [1.82, 2.24) is 0 Å². The van der Waals surface area contributed by atoms with Gasteiger partial charge in [0, 0.05) is 17.8 Å². The van der Waals surface area contributed by atoms with Crippen LogP contribution >= 0.6 is 0 Å². The van der Waals surface area contributed by atoms with Crippen LogP contribution in [-0.4, -0.2) is 21.3 Å². The average molecular weight is 298 g/mol. The average Bonchev–Trinajstić information content (AvgIpc) is 2.58. The van der Waals surface area contributed by atoms with Crippen molar-refractivity contribution in [2.24, 2.45) is 0 Å². The van der Waals surface area contributed by atoms with Gasteiger partial charge in [0.1, 0.15) is 0 Å². The third-order valence-corrected chi connectivity index (χ3v) is 3.26. The second-order valence-corrected chi connectivity index (χ2v) is 4.54. The van der Waals surface area contributed by atoms with E-state index in [9.17, 15) is 0 Å². The van der Waals surface area contributed by atoms with Crippen molar-refractivity contribution in [3.63, 3.8) is 0 Å². The zero-order valence-electron chi connectivity index (χ0n) is 12.8. The van der Waals surface area contributed by atoms with Gasteiger partial charge in [-0.05, 0) is 30.3 Å². The highest BCUT2D eigenvalue weighted by Gasteiger charge is 2.15. The monoisotopic (exact) mass is 298 g/mol. The molecule has 2 aromatic carbocycles. The highest BCUT2D eigenvalue weighted by atomic mass is 16.5. The molecule has 2 aromatic rings. The number of methoxy groups -OCH3 is 3. The highest BCUT2D eigenvalue weighted by molar-refractivity contribution is 5.57. The maximum Gasteiger partial charge on any atom is 0.203 e. The molecule has 0 saturated heterocycles. The predicted octanol–water partition coefficient (Wildman–Crippen LogP) is 3.20. The fourth-order valence-electron chi connectivity index (χ4n) is 2.20. The first-order valence-corrected chi connectivity index (χ1v) is 6.75. The fourth-order valence-corrected chi connectivity index (χ4v) is 2.20. The normalized spacial score (nSPS) is 9.73. The zero-order chi connectivity index (χ0) is 15.9. The minimum absolute atomic E-state index is 0.540. The van der Waals surface area contributed by atoms with Crippen molar-refractivity contribution in [1.29, 1.82) is 5.26 Å². The van der Waals surface area contributed by atoms with E-state index in [0.29, 0.717) is 29.4 Å². The van der Waals surface area contributed by atoms with Gasteiger partial charge in [0.2, 0.25) is 5.75 Å². The fraction of sp³-hybridized carbons (Fsp3) is 0.235. The van der Waals surface area contributed by atoms with Crippen LogP contribution in [0.25, 0.3) is 0 Å². The van der Waals surface area contributed by atoms with Crippen molar-refractivity contribution in [3.05, 3.63) is 47.5 Å². The minimum Gasteiger partial charge on any atom is -0.493 e. The van der Waals surface area contributed by atoms with E-state index in [4.69, 9.17) is 19.5 Å². The summed E-state index contributed by atoms with van der Waals surface area (Å²) in [4.78, 5) is 0. The second kappa shape index (κ2) is 7.23. The Bertz CT molecular complexity index is 693.